The summed E-state index contributed by atoms with van der Waals surface area (Å²) in [6.45, 7) is 1.88. The highest BCUT2D eigenvalue weighted by Gasteiger charge is 2.19. The zero-order chi connectivity index (χ0) is 14.5. The van der Waals surface area contributed by atoms with Crippen molar-refractivity contribution in [3.05, 3.63) is 42.0 Å². The van der Waals surface area contributed by atoms with Crippen LogP contribution < -0.4 is 5.32 Å². The lowest BCUT2D eigenvalue weighted by Gasteiger charge is -2.12. The van der Waals surface area contributed by atoms with Crippen LogP contribution in [0.4, 0.5) is 5.69 Å². The Balaban J connectivity index is 1.94. The molecule has 0 heterocycles. The van der Waals surface area contributed by atoms with Crippen LogP contribution in [0.15, 0.2) is 36.4 Å². The molecule has 2 N–H and O–H groups in total. The maximum Gasteiger partial charge on any atom is 0.303 e. The molecule has 0 bridgehead atoms. The first-order valence-corrected chi connectivity index (χ1v) is 6.84. The van der Waals surface area contributed by atoms with Gasteiger partial charge < -0.3 is 10.4 Å². The molecule has 1 amide bonds. The van der Waals surface area contributed by atoms with Crippen molar-refractivity contribution >= 4 is 17.6 Å². The van der Waals surface area contributed by atoms with Crippen LogP contribution in [0.3, 0.4) is 0 Å². The molecule has 1 aromatic rings. The molecule has 20 heavy (non-hydrogen) atoms. The number of anilines is 1. The number of aliphatic carboxylic acids is 1. The summed E-state index contributed by atoms with van der Waals surface area (Å²) in [5.74, 6) is -0.748. The minimum Gasteiger partial charge on any atom is -0.481 e. The molecule has 4 heteroatoms. The Bertz CT molecular complexity index is 511. The van der Waals surface area contributed by atoms with E-state index in [0.29, 0.717) is 0 Å². The zero-order valence-corrected chi connectivity index (χ0v) is 11.5. The molecule has 1 aliphatic rings. The van der Waals surface area contributed by atoms with Crippen molar-refractivity contribution in [3.63, 3.8) is 0 Å². The van der Waals surface area contributed by atoms with Crippen LogP contribution in [0.25, 0.3) is 0 Å². The molecule has 2 rings (SSSR count). The Labute approximate surface area is 118 Å². The summed E-state index contributed by atoms with van der Waals surface area (Å²) in [5, 5.41) is 11.7. The monoisotopic (exact) mass is 273 g/mol. The van der Waals surface area contributed by atoms with Crippen LogP contribution in [-0.4, -0.2) is 17.0 Å². The predicted molar refractivity (Wildman–Crippen MR) is 77.6 cm³/mol. The fraction of sp³-hybridized carbons (Fsp3) is 0.375. The second kappa shape index (κ2) is 6.37. The van der Waals surface area contributed by atoms with Gasteiger partial charge in [-0.2, -0.15) is 0 Å². The molecule has 0 spiro atoms. The third-order valence-corrected chi connectivity index (χ3v) is 3.61. The van der Waals surface area contributed by atoms with E-state index < -0.39 is 5.97 Å². The van der Waals surface area contributed by atoms with E-state index in [9.17, 15) is 9.59 Å². The number of carboxylic acids is 1. The molecule has 1 aliphatic carbocycles. The van der Waals surface area contributed by atoms with Crippen LogP contribution in [0.5, 0.6) is 0 Å². The van der Waals surface area contributed by atoms with E-state index in [1.165, 1.54) is 0 Å². The summed E-state index contributed by atoms with van der Waals surface area (Å²) < 4.78 is 0. The Morgan fingerprint density at radius 1 is 1.25 bits per heavy atom. The van der Waals surface area contributed by atoms with Gasteiger partial charge in [0.15, 0.2) is 0 Å². The molecule has 1 unspecified atom stereocenters. The third kappa shape index (κ3) is 3.70. The van der Waals surface area contributed by atoms with Gasteiger partial charge in [0.25, 0.3) is 0 Å². The molecule has 0 radical (unpaired) electrons. The quantitative estimate of drug-likeness (QED) is 0.810. The number of carboxylic acid groups (broad SMARTS) is 1. The van der Waals surface area contributed by atoms with Gasteiger partial charge in [-0.25, -0.2) is 0 Å². The fourth-order valence-electron chi connectivity index (χ4n) is 2.35. The fourth-order valence-corrected chi connectivity index (χ4v) is 2.35. The van der Waals surface area contributed by atoms with Gasteiger partial charge in [-0.3, -0.25) is 9.59 Å². The molecule has 0 saturated carbocycles. The van der Waals surface area contributed by atoms with Crippen LogP contribution in [0.1, 0.15) is 37.7 Å². The second-order valence-electron chi connectivity index (χ2n) is 5.25. The molecule has 4 nitrogen and oxygen atoms in total. The van der Waals surface area contributed by atoms with Crippen molar-refractivity contribution in [2.45, 2.75) is 32.1 Å². The lowest BCUT2D eigenvalue weighted by Crippen LogP contribution is -2.20. The van der Waals surface area contributed by atoms with E-state index in [2.05, 4.69) is 5.32 Å². The average molecular weight is 273 g/mol. The molecule has 0 fully saturated rings. The Kier molecular flexibility index (Phi) is 4.56. The average Bonchev–Trinajstić information content (AvgIpc) is 2.92. The number of hydrogen-bond acceptors (Lipinski definition) is 2. The standard InChI is InChI=1S/C16H19NO3/c1-11(10-15(18)19)12-6-8-14(9-7-12)17-16(20)13-4-2-3-5-13/h2-3,6-9,11,13H,4-5,10H2,1H3,(H,17,20)(H,18,19). The smallest absolute Gasteiger partial charge is 0.303 e. The van der Waals surface area contributed by atoms with E-state index in [0.717, 1.165) is 24.1 Å². The largest absolute Gasteiger partial charge is 0.481 e. The Morgan fingerprint density at radius 3 is 2.40 bits per heavy atom. The second-order valence-corrected chi connectivity index (χ2v) is 5.25. The highest BCUT2D eigenvalue weighted by Crippen LogP contribution is 2.23. The molecule has 0 aromatic heterocycles. The van der Waals surface area contributed by atoms with Crippen molar-refractivity contribution in [1.82, 2.24) is 0 Å². The first kappa shape index (κ1) is 14.3. The number of amides is 1. The van der Waals surface area contributed by atoms with Gasteiger partial charge in [-0.05, 0) is 36.5 Å². The summed E-state index contributed by atoms with van der Waals surface area (Å²) in [6.07, 6.45) is 5.78. The van der Waals surface area contributed by atoms with Crippen molar-refractivity contribution in [1.29, 1.82) is 0 Å². The summed E-state index contributed by atoms with van der Waals surface area (Å²) in [7, 11) is 0. The van der Waals surface area contributed by atoms with Gasteiger partial charge in [0.1, 0.15) is 0 Å². The molecule has 106 valence electrons. The van der Waals surface area contributed by atoms with Crippen molar-refractivity contribution in [3.8, 4) is 0 Å². The number of nitrogens with one attached hydrogen (secondary N) is 1. The lowest BCUT2D eigenvalue weighted by atomic mass is 9.97. The van der Waals surface area contributed by atoms with Crippen LogP contribution in [-0.2, 0) is 9.59 Å². The van der Waals surface area contributed by atoms with E-state index in [4.69, 9.17) is 5.11 Å². The topological polar surface area (TPSA) is 66.4 Å². The zero-order valence-electron chi connectivity index (χ0n) is 11.5. The summed E-state index contributed by atoms with van der Waals surface area (Å²) >= 11 is 0. The maximum atomic E-state index is 12.0. The highest BCUT2D eigenvalue weighted by atomic mass is 16.4. The highest BCUT2D eigenvalue weighted by molar-refractivity contribution is 5.93. The third-order valence-electron chi connectivity index (χ3n) is 3.61. The van der Waals surface area contributed by atoms with Gasteiger partial charge in [-0.1, -0.05) is 31.2 Å². The van der Waals surface area contributed by atoms with Gasteiger partial charge in [0.2, 0.25) is 5.91 Å². The van der Waals surface area contributed by atoms with Gasteiger partial charge >= 0.3 is 5.97 Å². The number of carbonyl (C=O) groups is 2. The van der Waals surface area contributed by atoms with Crippen molar-refractivity contribution in [2.24, 2.45) is 5.92 Å². The first-order valence-electron chi connectivity index (χ1n) is 6.84. The predicted octanol–water partition coefficient (Wildman–Crippen LogP) is 3.17. The van der Waals surface area contributed by atoms with Crippen LogP contribution >= 0.6 is 0 Å². The van der Waals surface area contributed by atoms with E-state index in [1.54, 1.807) is 0 Å². The minimum absolute atomic E-state index is 0.0312. The van der Waals surface area contributed by atoms with E-state index in [1.807, 2.05) is 43.3 Å². The summed E-state index contributed by atoms with van der Waals surface area (Å²) in [5.41, 5.74) is 1.72. The molecular weight excluding hydrogens is 254 g/mol. The first-order chi connectivity index (χ1) is 9.56. The van der Waals surface area contributed by atoms with Crippen molar-refractivity contribution in [2.75, 3.05) is 5.32 Å². The van der Waals surface area contributed by atoms with Crippen LogP contribution in [0, 0.1) is 5.92 Å². The Morgan fingerprint density at radius 2 is 1.85 bits per heavy atom. The van der Waals surface area contributed by atoms with Crippen LogP contribution in [0.2, 0.25) is 0 Å². The number of rotatable bonds is 5. The van der Waals surface area contributed by atoms with Crippen molar-refractivity contribution < 1.29 is 14.7 Å². The molecule has 1 aromatic carbocycles. The minimum atomic E-state index is -0.802. The van der Waals surface area contributed by atoms with Gasteiger partial charge in [0.05, 0.1) is 6.42 Å². The van der Waals surface area contributed by atoms with Gasteiger partial charge in [-0.15, -0.1) is 0 Å². The maximum absolute atomic E-state index is 12.0. The number of benzene rings is 1. The molecule has 0 aliphatic heterocycles. The molecular formula is C16H19NO3. The number of hydrogen-bond donors (Lipinski definition) is 2. The molecule has 1 atom stereocenters. The summed E-state index contributed by atoms with van der Waals surface area (Å²) in [4.78, 5) is 22.6. The van der Waals surface area contributed by atoms with E-state index >= 15 is 0 Å². The van der Waals surface area contributed by atoms with E-state index in [-0.39, 0.29) is 24.2 Å². The van der Waals surface area contributed by atoms with Gasteiger partial charge in [0, 0.05) is 11.6 Å². The molecule has 0 saturated heterocycles. The number of carbonyl (C=O) groups excluding carboxylic acids is 1. The Hall–Kier alpha value is -2.10. The summed E-state index contributed by atoms with van der Waals surface area (Å²) in [6, 6.07) is 7.40. The lowest BCUT2D eigenvalue weighted by molar-refractivity contribution is -0.137. The number of allylic oxidation sites excluding steroid dienone is 2. The normalized spacial score (nSPS) is 16.1. The SMILES string of the molecule is CC(CC(=O)O)c1ccc(NC(=O)C2CC=CC2)cc1.